The average molecular weight is 329 g/mol. The van der Waals surface area contributed by atoms with Crippen molar-refractivity contribution in [1.29, 1.82) is 0 Å². The normalized spacial score (nSPS) is 34.0. The summed E-state index contributed by atoms with van der Waals surface area (Å²) in [6, 6.07) is 12.6. The molecule has 4 rings (SSSR count). The molecule has 0 unspecified atom stereocenters. The number of aliphatic hydroxyl groups is 1. The second-order valence-corrected chi connectivity index (χ2v) is 8.15. The first-order valence-corrected chi connectivity index (χ1v) is 9.98. The molecule has 1 N–H and O–H groups in total. The smallest absolute Gasteiger partial charge is 0.0443 e. The molecule has 3 aliphatic heterocycles. The van der Waals surface area contributed by atoms with Gasteiger partial charge in [0.25, 0.3) is 0 Å². The summed E-state index contributed by atoms with van der Waals surface area (Å²) < 4.78 is 0. The fourth-order valence-electron chi connectivity index (χ4n) is 5.62. The molecule has 0 aromatic heterocycles. The molecule has 0 radical (unpaired) electrons. The van der Waals surface area contributed by atoms with Crippen LogP contribution in [0.2, 0.25) is 0 Å². The van der Waals surface area contributed by atoms with Gasteiger partial charge in [-0.3, -0.25) is 4.90 Å². The Labute approximate surface area is 146 Å². The van der Waals surface area contributed by atoms with Gasteiger partial charge in [0.1, 0.15) is 0 Å². The minimum Gasteiger partial charge on any atom is -0.396 e. The van der Waals surface area contributed by atoms with E-state index in [4.69, 9.17) is 0 Å². The fraction of sp³-hybridized carbons (Fsp3) is 0.714. The lowest BCUT2D eigenvalue weighted by Crippen LogP contribution is -2.64. The first-order valence-electron chi connectivity index (χ1n) is 9.98. The van der Waals surface area contributed by atoms with Crippen LogP contribution in [0.25, 0.3) is 0 Å². The van der Waals surface area contributed by atoms with Crippen molar-refractivity contribution in [3.63, 3.8) is 0 Å². The molecule has 3 nitrogen and oxygen atoms in total. The Morgan fingerprint density at radius 2 is 1.88 bits per heavy atom. The molecule has 0 spiro atoms. The zero-order valence-corrected chi connectivity index (χ0v) is 14.8. The lowest BCUT2D eigenvalue weighted by molar-refractivity contribution is -0.0716. The molecule has 3 aliphatic rings. The molecule has 2 bridgehead atoms. The van der Waals surface area contributed by atoms with Crippen molar-refractivity contribution < 1.29 is 5.11 Å². The molecule has 4 atom stereocenters. The zero-order chi connectivity index (χ0) is 16.4. The maximum atomic E-state index is 9.20. The summed E-state index contributed by atoms with van der Waals surface area (Å²) in [4.78, 5) is 5.55. The van der Waals surface area contributed by atoms with E-state index in [2.05, 4.69) is 40.1 Å². The number of likely N-dealkylation sites (tertiary alicyclic amines) is 1. The van der Waals surface area contributed by atoms with Gasteiger partial charge in [0.15, 0.2) is 0 Å². The third-order valence-corrected chi connectivity index (χ3v) is 6.62. The predicted molar refractivity (Wildman–Crippen MR) is 98.0 cm³/mol. The highest BCUT2D eigenvalue weighted by Gasteiger charge is 2.46. The quantitative estimate of drug-likeness (QED) is 0.900. The van der Waals surface area contributed by atoms with Gasteiger partial charge in [0.05, 0.1) is 0 Å². The molecular weight excluding hydrogens is 296 g/mol. The van der Waals surface area contributed by atoms with Crippen LogP contribution in [0.1, 0.15) is 37.7 Å². The van der Waals surface area contributed by atoms with Crippen LogP contribution in [0.3, 0.4) is 0 Å². The SMILES string of the molecule is OCCCN1C[C@H]2C[C@@H](C1)[C@H](Cc1ccccc1)N1CCCC[C@@H]21. The molecule has 3 heteroatoms. The van der Waals surface area contributed by atoms with E-state index in [0.717, 1.165) is 30.8 Å². The maximum Gasteiger partial charge on any atom is 0.0443 e. The monoisotopic (exact) mass is 328 g/mol. The maximum absolute atomic E-state index is 9.20. The fourth-order valence-corrected chi connectivity index (χ4v) is 5.62. The number of nitrogens with zero attached hydrogens (tertiary/aromatic N) is 2. The Kier molecular flexibility index (Phi) is 5.21. The van der Waals surface area contributed by atoms with E-state index in [9.17, 15) is 5.11 Å². The molecule has 3 saturated heterocycles. The van der Waals surface area contributed by atoms with Gasteiger partial charge in [-0.15, -0.1) is 0 Å². The van der Waals surface area contributed by atoms with Crippen molar-refractivity contribution >= 4 is 0 Å². The number of hydrogen-bond acceptors (Lipinski definition) is 3. The van der Waals surface area contributed by atoms with Crippen molar-refractivity contribution in [2.45, 2.75) is 50.6 Å². The van der Waals surface area contributed by atoms with Crippen molar-refractivity contribution in [2.24, 2.45) is 11.8 Å². The molecule has 0 saturated carbocycles. The second-order valence-electron chi connectivity index (χ2n) is 8.15. The summed E-state index contributed by atoms with van der Waals surface area (Å²) in [6.07, 6.45) is 7.76. The van der Waals surface area contributed by atoms with Gasteiger partial charge in [0.2, 0.25) is 0 Å². The molecule has 1 aromatic carbocycles. The predicted octanol–water partition coefficient (Wildman–Crippen LogP) is 2.79. The van der Waals surface area contributed by atoms with Gasteiger partial charge in [-0.05, 0) is 56.0 Å². The van der Waals surface area contributed by atoms with Gasteiger partial charge in [-0.2, -0.15) is 0 Å². The van der Waals surface area contributed by atoms with Crippen LogP contribution in [0.4, 0.5) is 0 Å². The molecule has 1 aromatic rings. The number of hydrogen-bond donors (Lipinski definition) is 1. The van der Waals surface area contributed by atoms with Crippen molar-refractivity contribution in [3.05, 3.63) is 35.9 Å². The van der Waals surface area contributed by atoms with E-state index in [0.29, 0.717) is 12.6 Å². The molecule has 24 heavy (non-hydrogen) atoms. The van der Waals surface area contributed by atoms with Crippen molar-refractivity contribution in [3.8, 4) is 0 Å². The number of rotatable bonds is 5. The van der Waals surface area contributed by atoms with Gasteiger partial charge in [0, 0.05) is 38.3 Å². The van der Waals surface area contributed by atoms with Gasteiger partial charge in [-0.25, -0.2) is 0 Å². The molecule has 0 aliphatic carbocycles. The first kappa shape index (κ1) is 16.6. The summed E-state index contributed by atoms with van der Waals surface area (Å²) in [5.74, 6) is 1.66. The first-order chi connectivity index (χ1) is 11.8. The number of benzene rings is 1. The van der Waals surface area contributed by atoms with E-state index in [1.54, 1.807) is 0 Å². The lowest BCUT2D eigenvalue weighted by atomic mass is 9.71. The molecule has 0 amide bonds. The Balaban J connectivity index is 1.53. The highest BCUT2D eigenvalue weighted by atomic mass is 16.3. The van der Waals surface area contributed by atoms with E-state index < -0.39 is 0 Å². The highest BCUT2D eigenvalue weighted by Crippen LogP contribution is 2.42. The van der Waals surface area contributed by atoms with Crippen LogP contribution in [-0.4, -0.2) is 59.8 Å². The Bertz CT molecular complexity index is 520. The molecular formula is C21H32N2O. The third kappa shape index (κ3) is 3.40. The standard InChI is InChI=1S/C21H32N2O/c24-12-6-10-22-15-18-14-19(16-22)21(13-17-7-2-1-3-8-17)23-11-5-4-9-20(18)23/h1-3,7-8,18-21,24H,4-6,9-16H2/t18-,19+,20+,21+/m1/s1. The number of aliphatic hydroxyl groups excluding tert-OH is 1. The molecule has 132 valence electrons. The second kappa shape index (κ2) is 7.55. The van der Waals surface area contributed by atoms with Crippen LogP contribution >= 0.6 is 0 Å². The number of fused-ring (bicyclic) bond motifs is 4. The third-order valence-electron chi connectivity index (χ3n) is 6.62. The van der Waals surface area contributed by atoms with E-state index in [1.165, 1.54) is 57.3 Å². The lowest BCUT2D eigenvalue weighted by Gasteiger charge is -2.57. The van der Waals surface area contributed by atoms with Gasteiger partial charge < -0.3 is 10.0 Å². The average Bonchev–Trinajstić information content (AvgIpc) is 2.64. The van der Waals surface area contributed by atoms with Crippen LogP contribution in [0.5, 0.6) is 0 Å². The summed E-state index contributed by atoms with van der Waals surface area (Å²) in [5.41, 5.74) is 1.50. The largest absolute Gasteiger partial charge is 0.396 e. The minimum absolute atomic E-state index is 0.328. The van der Waals surface area contributed by atoms with E-state index in [1.807, 2.05) is 0 Å². The number of piperidine rings is 3. The molecule has 3 heterocycles. The Morgan fingerprint density at radius 1 is 1.04 bits per heavy atom. The van der Waals surface area contributed by atoms with E-state index >= 15 is 0 Å². The highest BCUT2D eigenvalue weighted by molar-refractivity contribution is 5.17. The van der Waals surface area contributed by atoms with Crippen LogP contribution in [-0.2, 0) is 6.42 Å². The van der Waals surface area contributed by atoms with E-state index in [-0.39, 0.29) is 0 Å². The zero-order valence-electron chi connectivity index (χ0n) is 14.8. The Morgan fingerprint density at radius 3 is 2.71 bits per heavy atom. The summed E-state index contributed by atoms with van der Waals surface area (Å²) in [5, 5.41) is 9.20. The summed E-state index contributed by atoms with van der Waals surface area (Å²) in [7, 11) is 0. The Hall–Kier alpha value is -0.900. The van der Waals surface area contributed by atoms with Crippen molar-refractivity contribution in [1.82, 2.24) is 9.80 Å². The summed E-state index contributed by atoms with van der Waals surface area (Å²) >= 11 is 0. The van der Waals surface area contributed by atoms with Crippen molar-refractivity contribution in [2.75, 3.05) is 32.8 Å². The molecule has 3 fully saturated rings. The minimum atomic E-state index is 0.328. The van der Waals surface area contributed by atoms with Crippen LogP contribution in [0.15, 0.2) is 30.3 Å². The summed E-state index contributed by atoms with van der Waals surface area (Å²) in [6.45, 7) is 5.21. The van der Waals surface area contributed by atoms with Gasteiger partial charge >= 0.3 is 0 Å². The van der Waals surface area contributed by atoms with Crippen LogP contribution < -0.4 is 0 Å². The van der Waals surface area contributed by atoms with Gasteiger partial charge in [-0.1, -0.05) is 36.8 Å². The topological polar surface area (TPSA) is 26.7 Å². The van der Waals surface area contributed by atoms with Crippen LogP contribution in [0, 0.1) is 11.8 Å².